The van der Waals surface area contributed by atoms with Crippen LogP contribution in [0.1, 0.15) is 6.42 Å². The van der Waals surface area contributed by atoms with Crippen LogP contribution < -0.4 is 0 Å². The Balaban J connectivity index is 2.12. The highest BCUT2D eigenvalue weighted by atomic mass is 16.7. The molecule has 10 nitrogen and oxygen atoms in total. The largest absolute Gasteiger partial charge is 0.396 e. The Bertz CT molecular complexity index is 392. The van der Waals surface area contributed by atoms with Gasteiger partial charge in [-0.3, -0.25) is 0 Å². The quantitative estimate of drug-likeness (QED) is 0.258. The molecule has 142 valence electrons. The molecule has 10 heteroatoms. The standard InChI is InChI=1S/C14H26O10/c1-22-6-2-5(3-15)8(17)11(20)13(6)24-14-12(21)10(19)9(18)7(4-16)23-14/h5-21H,2-4H2,1H3. The van der Waals surface area contributed by atoms with Crippen molar-refractivity contribution < 1.29 is 50.0 Å². The lowest BCUT2D eigenvalue weighted by Gasteiger charge is -2.45. The van der Waals surface area contributed by atoms with Gasteiger partial charge in [-0.15, -0.1) is 0 Å². The molecular weight excluding hydrogens is 328 g/mol. The van der Waals surface area contributed by atoms with Crippen molar-refractivity contribution in [3.05, 3.63) is 0 Å². The maximum absolute atomic E-state index is 10.2. The zero-order valence-electron chi connectivity index (χ0n) is 13.3. The van der Waals surface area contributed by atoms with Gasteiger partial charge in [0.2, 0.25) is 0 Å². The zero-order chi connectivity index (χ0) is 18.0. The molecule has 2 fully saturated rings. The Hall–Kier alpha value is -0.400. The average Bonchev–Trinajstić information content (AvgIpc) is 2.59. The van der Waals surface area contributed by atoms with Gasteiger partial charge < -0.3 is 50.0 Å². The molecule has 1 saturated carbocycles. The van der Waals surface area contributed by atoms with Gasteiger partial charge in [-0.05, 0) is 6.42 Å². The van der Waals surface area contributed by atoms with E-state index in [9.17, 15) is 35.7 Å². The van der Waals surface area contributed by atoms with Gasteiger partial charge in [0.1, 0.15) is 36.6 Å². The van der Waals surface area contributed by atoms with Crippen molar-refractivity contribution in [3.63, 3.8) is 0 Å². The highest BCUT2D eigenvalue weighted by molar-refractivity contribution is 4.96. The minimum Gasteiger partial charge on any atom is -0.396 e. The minimum absolute atomic E-state index is 0.202. The molecule has 0 amide bonds. The summed E-state index contributed by atoms with van der Waals surface area (Å²) in [5, 5.41) is 68.2. The third kappa shape index (κ3) is 3.73. The van der Waals surface area contributed by atoms with E-state index in [1.54, 1.807) is 0 Å². The first-order valence-electron chi connectivity index (χ1n) is 7.81. The van der Waals surface area contributed by atoms with Crippen molar-refractivity contribution in [1.29, 1.82) is 0 Å². The Labute approximate surface area is 138 Å². The summed E-state index contributed by atoms with van der Waals surface area (Å²) in [5.74, 6) is -0.598. The lowest BCUT2D eigenvalue weighted by molar-refractivity contribution is -0.332. The van der Waals surface area contributed by atoms with E-state index in [2.05, 4.69) is 0 Å². The molecule has 24 heavy (non-hydrogen) atoms. The molecule has 1 aliphatic heterocycles. The van der Waals surface area contributed by atoms with Crippen LogP contribution in [-0.2, 0) is 14.2 Å². The number of aliphatic hydroxyl groups excluding tert-OH is 7. The molecule has 0 radical (unpaired) electrons. The normalized spacial score (nSPS) is 50.0. The summed E-state index contributed by atoms with van der Waals surface area (Å²) >= 11 is 0. The van der Waals surface area contributed by atoms with E-state index >= 15 is 0 Å². The number of ether oxygens (including phenoxy) is 3. The number of methoxy groups -OCH3 is 1. The molecule has 0 spiro atoms. The number of hydrogen-bond acceptors (Lipinski definition) is 10. The van der Waals surface area contributed by atoms with Crippen LogP contribution in [0.5, 0.6) is 0 Å². The number of aliphatic hydroxyl groups is 7. The van der Waals surface area contributed by atoms with Crippen LogP contribution in [0.15, 0.2) is 0 Å². The van der Waals surface area contributed by atoms with Crippen molar-refractivity contribution in [2.45, 2.75) is 61.5 Å². The maximum atomic E-state index is 10.2. The van der Waals surface area contributed by atoms with Gasteiger partial charge in [0, 0.05) is 19.6 Å². The van der Waals surface area contributed by atoms with Crippen molar-refractivity contribution in [2.24, 2.45) is 5.92 Å². The maximum Gasteiger partial charge on any atom is 0.187 e. The highest BCUT2D eigenvalue weighted by Gasteiger charge is 2.49. The molecule has 0 aromatic carbocycles. The first-order valence-corrected chi connectivity index (χ1v) is 7.81. The van der Waals surface area contributed by atoms with E-state index < -0.39 is 67.6 Å². The van der Waals surface area contributed by atoms with Crippen molar-refractivity contribution in [2.75, 3.05) is 20.3 Å². The lowest BCUT2D eigenvalue weighted by Crippen LogP contribution is -2.63. The molecule has 1 heterocycles. The van der Waals surface area contributed by atoms with Crippen LogP contribution in [0.25, 0.3) is 0 Å². The summed E-state index contributed by atoms with van der Waals surface area (Å²) < 4.78 is 16.0. The topological polar surface area (TPSA) is 169 Å². The third-order valence-corrected chi connectivity index (χ3v) is 4.75. The van der Waals surface area contributed by atoms with Crippen LogP contribution in [0.3, 0.4) is 0 Å². The monoisotopic (exact) mass is 354 g/mol. The van der Waals surface area contributed by atoms with Crippen LogP contribution in [-0.4, -0.2) is 111 Å². The Morgan fingerprint density at radius 1 is 0.875 bits per heavy atom. The zero-order valence-corrected chi connectivity index (χ0v) is 13.3. The average molecular weight is 354 g/mol. The molecule has 0 aromatic rings. The Morgan fingerprint density at radius 3 is 2.08 bits per heavy atom. The van der Waals surface area contributed by atoms with Crippen LogP contribution in [0.4, 0.5) is 0 Å². The SMILES string of the molecule is COC1CC(CO)C(O)C(O)C1OC1OC(CO)C(O)C(O)C1O. The summed E-state index contributed by atoms with van der Waals surface area (Å²) in [4.78, 5) is 0. The van der Waals surface area contributed by atoms with Crippen molar-refractivity contribution in [3.8, 4) is 0 Å². The first-order chi connectivity index (χ1) is 11.3. The Kier molecular flexibility index (Phi) is 6.90. The van der Waals surface area contributed by atoms with Crippen LogP contribution in [0, 0.1) is 5.92 Å². The predicted molar refractivity (Wildman–Crippen MR) is 76.6 cm³/mol. The number of rotatable bonds is 5. The molecule has 0 bridgehead atoms. The summed E-state index contributed by atoms with van der Waals surface area (Å²) in [6.07, 6.45) is -11.7. The molecule has 7 N–H and O–H groups in total. The smallest absolute Gasteiger partial charge is 0.187 e. The first kappa shape index (κ1) is 19.9. The van der Waals surface area contributed by atoms with E-state index in [0.717, 1.165) is 0 Å². The summed E-state index contributed by atoms with van der Waals surface area (Å²) in [5.41, 5.74) is 0. The Morgan fingerprint density at radius 2 is 1.54 bits per heavy atom. The van der Waals surface area contributed by atoms with E-state index in [-0.39, 0.29) is 13.0 Å². The number of hydrogen-bond donors (Lipinski definition) is 7. The summed E-state index contributed by atoms with van der Waals surface area (Å²) in [7, 11) is 1.37. The van der Waals surface area contributed by atoms with Gasteiger partial charge in [-0.1, -0.05) is 0 Å². The molecular formula is C14H26O10. The molecule has 2 rings (SSSR count). The van der Waals surface area contributed by atoms with Gasteiger partial charge in [-0.2, -0.15) is 0 Å². The van der Waals surface area contributed by atoms with Gasteiger partial charge in [-0.25, -0.2) is 0 Å². The predicted octanol–water partition coefficient (Wildman–Crippen LogP) is -4.08. The summed E-state index contributed by atoms with van der Waals surface area (Å²) in [6, 6.07) is 0. The van der Waals surface area contributed by atoms with Gasteiger partial charge in [0.15, 0.2) is 6.29 Å². The van der Waals surface area contributed by atoms with Crippen molar-refractivity contribution in [1.82, 2.24) is 0 Å². The molecule has 1 saturated heterocycles. The lowest BCUT2D eigenvalue weighted by atomic mass is 9.81. The van der Waals surface area contributed by atoms with Crippen LogP contribution >= 0.6 is 0 Å². The second-order valence-corrected chi connectivity index (χ2v) is 6.23. The van der Waals surface area contributed by atoms with Gasteiger partial charge >= 0.3 is 0 Å². The molecule has 10 atom stereocenters. The molecule has 10 unspecified atom stereocenters. The fourth-order valence-electron chi connectivity index (χ4n) is 3.18. The molecule has 1 aliphatic carbocycles. The fraction of sp³-hybridized carbons (Fsp3) is 1.00. The van der Waals surface area contributed by atoms with Gasteiger partial charge in [0.25, 0.3) is 0 Å². The fourth-order valence-corrected chi connectivity index (χ4v) is 3.18. The van der Waals surface area contributed by atoms with Gasteiger partial charge in [0.05, 0.1) is 18.8 Å². The summed E-state index contributed by atoms with van der Waals surface area (Å²) in [6.45, 7) is -0.953. The van der Waals surface area contributed by atoms with E-state index in [0.29, 0.717) is 0 Å². The second-order valence-electron chi connectivity index (χ2n) is 6.23. The van der Waals surface area contributed by atoms with E-state index in [4.69, 9.17) is 14.2 Å². The minimum atomic E-state index is -1.62. The van der Waals surface area contributed by atoms with Crippen molar-refractivity contribution >= 4 is 0 Å². The van der Waals surface area contributed by atoms with Crippen LogP contribution in [0.2, 0.25) is 0 Å². The third-order valence-electron chi connectivity index (χ3n) is 4.75. The molecule has 0 aromatic heterocycles. The van der Waals surface area contributed by atoms with E-state index in [1.165, 1.54) is 7.11 Å². The highest BCUT2D eigenvalue weighted by Crippen LogP contribution is 2.32. The second kappa shape index (κ2) is 8.32. The van der Waals surface area contributed by atoms with E-state index in [1.807, 2.05) is 0 Å². The molecule has 2 aliphatic rings.